The molecular formula is C17H14ClN3O5. The van der Waals surface area contributed by atoms with E-state index in [1.165, 1.54) is 24.4 Å². The predicted octanol–water partition coefficient (Wildman–Crippen LogP) is 1.54. The lowest BCUT2D eigenvalue weighted by Crippen LogP contribution is -2.37. The van der Waals surface area contributed by atoms with Gasteiger partial charge in [-0.1, -0.05) is 17.7 Å². The van der Waals surface area contributed by atoms with Gasteiger partial charge in [0.1, 0.15) is 5.75 Å². The van der Waals surface area contributed by atoms with Gasteiger partial charge in [-0.2, -0.15) is 5.10 Å². The highest BCUT2D eigenvalue weighted by Gasteiger charge is 2.15. The second-order valence-corrected chi connectivity index (χ2v) is 5.71. The number of rotatable bonds is 4. The summed E-state index contributed by atoms with van der Waals surface area (Å²) in [6, 6.07) is 9.57. The van der Waals surface area contributed by atoms with E-state index in [-0.39, 0.29) is 19.1 Å². The standard InChI is InChI=1S/C17H14ClN3O5/c18-12-2-3-13(22)11(6-12)8-20-21-17(24)16(23)19-7-10-1-4-14-15(5-10)26-9-25-14/h1-6,8,22H,7,9H2,(H,19,23)(H,21,24)/b20-8-. The van der Waals surface area contributed by atoms with Crippen molar-refractivity contribution in [3.8, 4) is 17.2 Å². The lowest BCUT2D eigenvalue weighted by atomic mass is 10.2. The van der Waals surface area contributed by atoms with Crippen LogP contribution in [-0.4, -0.2) is 29.9 Å². The van der Waals surface area contributed by atoms with Crippen molar-refractivity contribution in [3.63, 3.8) is 0 Å². The third-order valence-corrected chi connectivity index (χ3v) is 3.69. The molecule has 0 fully saturated rings. The number of hydrogen-bond donors (Lipinski definition) is 3. The molecular weight excluding hydrogens is 362 g/mol. The number of amides is 2. The fourth-order valence-corrected chi connectivity index (χ4v) is 2.33. The molecule has 1 aliphatic heterocycles. The first kappa shape index (κ1) is 17.6. The molecule has 0 unspecified atom stereocenters. The Morgan fingerprint density at radius 3 is 2.81 bits per heavy atom. The SMILES string of the molecule is O=C(NCc1ccc2c(c1)OCO2)C(=O)N/N=C\c1cc(Cl)ccc1O. The van der Waals surface area contributed by atoms with Gasteiger partial charge >= 0.3 is 11.8 Å². The van der Waals surface area contributed by atoms with Gasteiger partial charge < -0.3 is 19.9 Å². The van der Waals surface area contributed by atoms with Crippen molar-refractivity contribution in [1.29, 1.82) is 0 Å². The van der Waals surface area contributed by atoms with E-state index in [0.717, 1.165) is 5.56 Å². The number of carbonyl (C=O) groups excluding carboxylic acids is 2. The summed E-state index contributed by atoms with van der Waals surface area (Å²) in [5, 5.41) is 16.1. The topological polar surface area (TPSA) is 109 Å². The third-order valence-electron chi connectivity index (χ3n) is 3.46. The van der Waals surface area contributed by atoms with Crippen molar-refractivity contribution in [3.05, 3.63) is 52.5 Å². The number of nitrogens with zero attached hydrogens (tertiary/aromatic N) is 1. The quantitative estimate of drug-likeness (QED) is 0.426. The van der Waals surface area contributed by atoms with E-state index in [1.54, 1.807) is 18.2 Å². The normalized spacial score (nSPS) is 12.2. The molecule has 0 atom stereocenters. The highest BCUT2D eigenvalue weighted by atomic mass is 35.5. The summed E-state index contributed by atoms with van der Waals surface area (Å²) >= 11 is 5.80. The van der Waals surface area contributed by atoms with Crippen LogP contribution in [0.2, 0.25) is 5.02 Å². The van der Waals surface area contributed by atoms with Gasteiger partial charge in [0.25, 0.3) is 0 Å². The third kappa shape index (κ3) is 4.22. The number of phenols is 1. The maximum atomic E-state index is 11.8. The number of ether oxygens (including phenoxy) is 2. The molecule has 0 spiro atoms. The molecule has 3 N–H and O–H groups in total. The number of hydrazone groups is 1. The molecule has 134 valence electrons. The van der Waals surface area contributed by atoms with Crippen LogP contribution in [0.25, 0.3) is 0 Å². The molecule has 0 saturated heterocycles. The average molecular weight is 376 g/mol. The second kappa shape index (κ2) is 7.75. The number of halogens is 1. The Morgan fingerprint density at radius 2 is 1.96 bits per heavy atom. The van der Waals surface area contributed by atoms with Crippen LogP contribution in [0.1, 0.15) is 11.1 Å². The van der Waals surface area contributed by atoms with E-state index in [2.05, 4.69) is 15.8 Å². The van der Waals surface area contributed by atoms with Gasteiger partial charge in [0.05, 0.1) is 6.21 Å². The monoisotopic (exact) mass is 375 g/mol. The molecule has 9 heteroatoms. The van der Waals surface area contributed by atoms with E-state index in [4.69, 9.17) is 21.1 Å². The Bertz CT molecular complexity index is 885. The van der Waals surface area contributed by atoms with Crippen LogP contribution < -0.4 is 20.2 Å². The highest BCUT2D eigenvalue weighted by Crippen LogP contribution is 2.32. The maximum absolute atomic E-state index is 11.8. The first-order chi connectivity index (χ1) is 12.5. The molecule has 8 nitrogen and oxygen atoms in total. The minimum absolute atomic E-state index is 0.0559. The van der Waals surface area contributed by atoms with Gasteiger partial charge in [-0.25, -0.2) is 5.43 Å². The minimum atomic E-state index is -0.941. The van der Waals surface area contributed by atoms with Gasteiger partial charge in [-0.05, 0) is 35.9 Å². The van der Waals surface area contributed by atoms with Crippen molar-refractivity contribution in [2.24, 2.45) is 5.10 Å². The lowest BCUT2D eigenvalue weighted by molar-refractivity contribution is -0.139. The lowest BCUT2D eigenvalue weighted by Gasteiger charge is -2.05. The van der Waals surface area contributed by atoms with Crippen LogP contribution in [0.15, 0.2) is 41.5 Å². The molecule has 2 amide bonds. The average Bonchev–Trinajstić information content (AvgIpc) is 3.10. The summed E-state index contributed by atoms with van der Waals surface area (Å²) in [4.78, 5) is 23.5. The number of phenolic OH excluding ortho intramolecular Hbond substituents is 1. The molecule has 1 heterocycles. The molecule has 1 aliphatic rings. The summed E-state index contributed by atoms with van der Waals surface area (Å²) < 4.78 is 10.4. The molecule has 0 aromatic heterocycles. The number of aromatic hydroxyl groups is 1. The first-order valence-electron chi connectivity index (χ1n) is 7.51. The Morgan fingerprint density at radius 1 is 1.15 bits per heavy atom. The molecule has 26 heavy (non-hydrogen) atoms. The van der Waals surface area contributed by atoms with E-state index >= 15 is 0 Å². The van der Waals surface area contributed by atoms with Gasteiger partial charge in [0.2, 0.25) is 6.79 Å². The zero-order chi connectivity index (χ0) is 18.5. The Hall–Kier alpha value is -3.26. The van der Waals surface area contributed by atoms with Crippen LogP contribution in [0, 0.1) is 0 Å². The molecule has 0 saturated carbocycles. The minimum Gasteiger partial charge on any atom is -0.507 e. The fraction of sp³-hybridized carbons (Fsp3) is 0.118. The number of benzene rings is 2. The molecule has 0 radical (unpaired) electrons. The second-order valence-electron chi connectivity index (χ2n) is 5.27. The van der Waals surface area contributed by atoms with Crippen molar-refractivity contribution in [2.45, 2.75) is 6.54 Å². The smallest absolute Gasteiger partial charge is 0.329 e. The number of hydrogen-bond acceptors (Lipinski definition) is 6. The number of nitrogens with one attached hydrogen (secondary N) is 2. The predicted molar refractivity (Wildman–Crippen MR) is 93.3 cm³/mol. The van der Waals surface area contributed by atoms with Gasteiger partial charge in [0.15, 0.2) is 11.5 Å². The van der Waals surface area contributed by atoms with Crippen LogP contribution in [0.4, 0.5) is 0 Å². The van der Waals surface area contributed by atoms with Gasteiger partial charge in [-0.15, -0.1) is 0 Å². The van der Waals surface area contributed by atoms with Gasteiger partial charge in [0, 0.05) is 17.1 Å². The summed E-state index contributed by atoms with van der Waals surface area (Å²) in [5.74, 6) is -0.623. The van der Waals surface area contributed by atoms with Crippen molar-refractivity contribution < 1.29 is 24.2 Å². The Balaban J connectivity index is 1.51. The molecule has 2 aromatic rings. The van der Waals surface area contributed by atoms with E-state index in [1.807, 2.05) is 0 Å². The summed E-state index contributed by atoms with van der Waals surface area (Å²) in [5.41, 5.74) is 3.13. The van der Waals surface area contributed by atoms with Gasteiger partial charge in [-0.3, -0.25) is 9.59 Å². The molecule has 3 rings (SSSR count). The largest absolute Gasteiger partial charge is 0.507 e. The zero-order valence-corrected chi connectivity index (χ0v) is 14.1. The molecule has 0 aliphatic carbocycles. The first-order valence-corrected chi connectivity index (χ1v) is 7.89. The molecule has 0 bridgehead atoms. The highest BCUT2D eigenvalue weighted by molar-refractivity contribution is 6.35. The maximum Gasteiger partial charge on any atom is 0.329 e. The van der Waals surface area contributed by atoms with E-state index < -0.39 is 11.8 Å². The summed E-state index contributed by atoms with van der Waals surface area (Å²) in [6.07, 6.45) is 1.18. The van der Waals surface area contributed by atoms with Crippen LogP contribution in [-0.2, 0) is 16.1 Å². The van der Waals surface area contributed by atoms with E-state index in [9.17, 15) is 14.7 Å². The Kier molecular flexibility index (Phi) is 5.23. The van der Waals surface area contributed by atoms with Crippen LogP contribution in [0.5, 0.6) is 17.2 Å². The van der Waals surface area contributed by atoms with Crippen LogP contribution >= 0.6 is 11.6 Å². The Labute approximate surface area is 153 Å². The van der Waals surface area contributed by atoms with Crippen LogP contribution in [0.3, 0.4) is 0 Å². The van der Waals surface area contributed by atoms with E-state index in [0.29, 0.717) is 22.1 Å². The summed E-state index contributed by atoms with van der Waals surface area (Å²) in [7, 11) is 0. The van der Waals surface area contributed by atoms with Crippen molar-refractivity contribution in [1.82, 2.24) is 10.7 Å². The van der Waals surface area contributed by atoms with Crippen molar-refractivity contribution in [2.75, 3.05) is 6.79 Å². The zero-order valence-electron chi connectivity index (χ0n) is 13.4. The fourth-order valence-electron chi connectivity index (χ4n) is 2.15. The summed E-state index contributed by atoms with van der Waals surface area (Å²) in [6.45, 7) is 0.301. The number of carbonyl (C=O) groups is 2. The number of fused-ring (bicyclic) bond motifs is 1. The van der Waals surface area contributed by atoms with Crippen molar-refractivity contribution >= 4 is 29.6 Å². The molecule has 2 aromatic carbocycles.